The van der Waals surface area contributed by atoms with Crippen LogP contribution in [-0.4, -0.2) is 41.0 Å². The summed E-state index contributed by atoms with van der Waals surface area (Å²) in [5.74, 6) is -0.979. The molecular weight excluding hydrogens is 226 g/mol. The van der Waals surface area contributed by atoms with Gasteiger partial charge in [0, 0.05) is 0 Å². The van der Waals surface area contributed by atoms with Gasteiger partial charge < -0.3 is 20.3 Å². The highest BCUT2D eigenvalue weighted by molar-refractivity contribution is 5.80. The quantitative estimate of drug-likeness (QED) is 0.678. The molecule has 0 bridgehead atoms. The predicted molar refractivity (Wildman–Crippen MR) is 59.5 cm³/mol. The lowest BCUT2D eigenvalue weighted by Gasteiger charge is -2.28. The molecule has 1 amide bonds. The molecule has 1 aliphatic rings. The molecule has 0 aromatic carbocycles. The monoisotopic (exact) mass is 245 g/mol. The molecule has 6 heteroatoms. The second kappa shape index (κ2) is 6.44. The van der Waals surface area contributed by atoms with E-state index in [9.17, 15) is 9.59 Å². The number of hydrogen-bond donors (Lipinski definition) is 3. The highest BCUT2D eigenvalue weighted by Crippen LogP contribution is 2.26. The van der Waals surface area contributed by atoms with Crippen molar-refractivity contribution in [3.05, 3.63) is 0 Å². The smallest absolute Gasteiger partial charge is 0.408 e. The average Bonchev–Trinajstić information content (AvgIpc) is 2.28. The fraction of sp³-hybridized carbons (Fsp3) is 0.818. The van der Waals surface area contributed by atoms with Crippen molar-refractivity contribution in [2.24, 2.45) is 5.92 Å². The molecule has 1 saturated carbocycles. The maximum absolute atomic E-state index is 11.4. The van der Waals surface area contributed by atoms with E-state index in [4.69, 9.17) is 14.9 Å². The summed E-state index contributed by atoms with van der Waals surface area (Å²) < 4.78 is 5.16. The third-order valence-corrected chi connectivity index (χ3v) is 3.06. The first-order valence-corrected chi connectivity index (χ1v) is 5.85. The zero-order valence-electron chi connectivity index (χ0n) is 9.89. The minimum atomic E-state index is -1.30. The van der Waals surface area contributed by atoms with E-state index in [1.807, 2.05) is 6.92 Å². The molecule has 1 rings (SSSR count). The minimum Gasteiger partial charge on any atom is -0.480 e. The average molecular weight is 245 g/mol. The molecule has 1 fully saturated rings. The van der Waals surface area contributed by atoms with E-state index >= 15 is 0 Å². The standard InChI is InChI=1S/C11H19NO5/c1-7-4-2-3-5-9(7)17-11(16)12-8(6-13)10(14)15/h7-9,13H,2-6H2,1H3,(H,12,16)(H,14,15). The summed E-state index contributed by atoms with van der Waals surface area (Å²) in [4.78, 5) is 22.0. The Morgan fingerprint density at radius 1 is 1.41 bits per heavy atom. The van der Waals surface area contributed by atoms with E-state index in [-0.39, 0.29) is 6.10 Å². The van der Waals surface area contributed by atoms with Crippen molar-refractivity contribution >= 4 is 12.1 Å². The van der Waals surface area contributed by atoms with Gasteiger partial charge in [-0.2, -0.15) is 0 Å². The molecule has 0 heterocycles. The Labute approximate surface area is 100.0 Å². The van der Waals surface area contributed by atoms with Gasteiger partial charge in [0.15, 0.2) is 6.04 Å². The Hall–Kier alpha value is -1.30. The number of carboxylic acid groups (broad SMARTS) is 1. The van der Waals surface area contributed by atoms with Gasteiger partial charge in [0.25, 0.3) is 0 Å². The van der Waals surface area contributed by atoms with Gasteiger partial charge in [-0.1, -0.05) is 13.3 Å². The van der Waals surface area contributed by atoms with Crippen LogP contribution in [0.15, 0.2) is 0 Å². The number of hydrogen-bond acceptors (Lipinski definition) is 4. The normalized spacial score (nSPS) is 26.0. The van der Waals surface area contributed by atoms with Crippen molar-refractivity contribution in [2.75, 3.05) is 6.61 Å². The zero-order valence-corrected chi connectivity index (χ0v) is 9.89. The molecule has 0 aromatic rings. The number of carboxylic acids is 1. The lowest BCUT2D eigenvalue weighted by molar-refractivity contribution is -0.140. The summed E-state index contributed by atoms with van der Waals surface area (Å²) in [6.07, 6.45) is 3.05. The molecule has 6 nitrogen and oxygen atoms in total. The number of rotatable bonds is 4. The van der Waals surface area contributed by atoms with Gasteiger partial charge in [0.1, 0.15) is 6.10 Å². The van der Waals surface area contributed by atoms with E-state index in [2.05, 4.69) is 5.32 Å². The van der Waals surface area contributed by atoms with E-state index in [1.165, 1.54) is 0 Å². The minimum absolute atomic E-state index is 0.156. The lowest BCUT2D eigenvalue weighted by atomic mass is 9.88. The van der Waals surface area contributed by atoms with Gasteiger partial charge in [-0.15, -0.1) is 0 Å². The van der Waals surface area contributed by atoms with Crippen molar-refractivity contribution in [2.45, 2.75) is 44.8 Å². The number of aliphatic hydroxyl groups excluding tert-OH is 1. The van der Waals surface area contributed by atoms with Crippen LogP contribution in [0, 0.1) is 5.92 Å². The molecule has 0 aliphatic heterocycles. The number of carbonyl (C=O) groups excluding carboxylic acids is 1. The highest BCUT2D eigenvalue weighted by atomic mass is 16.6. The van der Waals surface area contributed by atoms with Crippen LogP contribution in [0.25, 0.3) is 0 Å². The Kier molecular flexibility index (Phi) is 5.21. The molecule has 0 aromatic heterocycles. The van der Waals surface area contributed by atoms with Gasteiger partial charge in [-0.05, 0) is 25.2 Å². The topological polar surface area (TPSA) is 95.9 Å². The van der Waals surface area contributed by atoms with Crippen LogP contribution in [0.5, 0.6) is 0 Å². The molecule has 3 N–H and O–H groups in total. The van der Waals surface area contributed by atoms with Crippen LogP contribution in [0.1, 0.15) is 32.6 Å². The summed E-state index contributed by atoms with van der Waals surface area (Å²) in [6, 6.07) is -1.30. The predicted octanol–water partition coefficient (Wildman–Crippen LogP) is 0.737. The molecule has 0 saturated heterocycles. The Balaban J connectivity index is 2.40. The van der Waals surface area contributed by atoms with Crippen LogP contribution >= 0.6 is 0 Å². The van der Waals surface area contributed by atoms with Crippen LogP contribution in [0.3, 0.4) is 0 Å². The van der Waals surface area contributed by atoms with E-state index < -0.39 is 24.7 Å². The molecule has 98 valence electrons. The van der Waals surface area contributed by atoms with Crippen molar-refractivity contribution < 1.29 is 24.5 Å². The van der Waals surface area contributed by atoms with Crippen LogP contribution in [0.2, 0.25) is 0 Å². The van der Waals surface area contributed by atoms with Crippen LogP contribution in [0.4, 0.5) is 4.79 Å². The van der Waals surface area contributed by atoms with E-state index in [1.54, 1.807) is 0 Å². The number of aliphatic hydroxyl groups is 1. The molecule has 3 unspecified atom stereocenters. The van der Waals surface area contributed by atoms with Crippen molar-refractivity contribution in [1.29, 1.82) is 0 Å². The maximum Gasteiger partial charge on any atom is 0.408 e. The zero-order chi connectivity index (χ0) is 12.8. The summed E-state index contributed by atoms with van der Waals surface area (Å²) in [7, 11) is 0. The van der Waals surface area contributed by atoms with Gasteiger partial charge in [-0.3, -0.25) is 0 Å². The molecule has 3 atom stereocenters. The molecule has 17 heavy (non-hydrogen) atoms. The number of carbonyl (C=O) groups is 2. The number of nitrogens with one attached hydrogen (secondary N) is 1. The Morgan fingerprint density at radius 3 is 2.59 bits per heavy atom. The number of alkyl carbamates (subject to hydrolysis) is 1. The summed E-state index contributed by atoms with van der Waals surface area (Å²) in [5, 5.41) is 19.5. The largest absolute Gasteiger partial charge is 0.480 e. The Morgan fingerprint density at radius 2 is 2.06 bits per heavy atom. The first-order valence-electron chi connectivity index (χ1n) is 5.85. The van der Waals surface area contributed by atoms with Gasteiger partial charge in [0.05, 0.1) is 6.61 Å². The van der Waals surface area contributed by atoms with E-state index in [0.717, 1.165) is 25.7 Å². The van der Waals surface area contributed by atoms with Crippen molar-refractivity contribution in [3.63, 3.8) is 0 Å². The first kappa shape index (κ1) is 13.8. The second-order valence-electron chi connectivity index (χ2n) is 4.42. The van der Waals surface area contributed by atoms with Crippen LogP contribution < -0.4 is 5.32 Å². The number of ether oxygens (including phenoxy) is 1. The van der Waals surface area contributed by atoms with Gasteiger partial charge in [-0.25, -0.2) is 9.59 Å². The summed E-state index contributed by atoms with van der Waals surface area (Å²) >= 11 is 0. The molecular formula is C11H19NO5. The highest BCUT2D eigenvalue weighted by Gasteiger charge is 2.26. The van der Waals surface area contributed by atoms with Crippen molar-refractivity contribution in [1.82, 2.24) is 5.32 Å². The molecule has 0 spiro atoms. The first-order chi connectivity index (χ1) is 8.04. The maximum atomic E-state index is 11.4. The fourth-order valence-electron chi connectivity index (χ4n) is 1.96. The van der Waals surface area contributed by atoms with Gasteiger partial charge >= 0.3 is 12.1 Å². The Bertz CT molecular complexity index is 281. The number of amides is 1. The third-order valence-electron chi connectivity index (χ3n) is 3.06. The summed E-state index contributed by atoms with van der Waals surface area (Å²) in [5.41, 5.74) is 0. The lowest BCUT2D eigenvalue weighted by Crippen LogP contribution is -2.45. The fourth-order valence-corrected chi connectivity index (χ4v) is 1.96. The van der Waals surface area contributed by atoms with Crippen LogP contribution in [-0.2, 0) is 9.53 Å². The SMILES string of the molecule is CC1CCCCC1OC(=O)NC(CO)C(=O)O. The third kappa shape index (κ3) is 4.22. The van der Waals surface area contributed by atoms with Crippen molar-refractivity contribution in [3.8, 4) is 0 Å². The molecule has 0 radical (unpaired) electrons. The summed E-state index contributed by atoms with van der Waals surface area (Å²) in [6.45, 7) is 1.36. The van der Waals surface area contributed by atoms with E-state index in [0.29, 0.717) is 5.92 Å². The van der Waals surface area contributed by atoms with Gasteiger partial charge in [0.2, 0.25) is 0 Å². The number of aliphatic carboxylic acids is 1. The molecule has 1 aliphatic carbocycles. The second-order valence-corrected chi connectivity index (χ2v) is 4.42.